The molecule has 4 heteroatoms. The molecule has 3 nitrogen and oxygen atoms in total. The van der Waals surface area contributed by atoms with Crippen LogP contribution in [0.4, 0.5) is 0 Å². The molecule has 1 aliphatic carbocycles. The van der Waals surface area contributed by atoms with E-state index in [1.165, 1.54) is 58.2 Å². The van der Waals surface area contributed by atoms with Crippen molar-refractivity contribution in [1.29, 1.82) is 0 Å². The molecule has 1 heterocycles. The van der Waals surface area contributed by atoms with E-state index in [0.29, 0.717) is 11.3 Å². The quantitative estimate of drug-likeness (QED) is 0.846. The Hall–Kier alpha value is 0.0700. The van der Waals surface area contributed by atoms with Crippen molar-refractivity contribution in [2.45, 2.75) is 63.2 Å². The molecule has 2 aliphatic rings. The third-order valence-electron chi connectivity index (χ3n) is 5.15. The lowest BCUT2D eigenvalue weighted by Crippen LogP contribution is -2.44. The molecule has 0 aromatic carbocycles. The number of nitrogens with zero attached hydrogens (tertiary/aromatic N) is 1. The van der Waals surface area contributed by atoms with E-state index in [4.69, 9.17) is 0 Å². The van der Waals surface area contributed by atoms with Gasteiger partial charge in [-0.1, -0.05) is 26.2 Å². The van der Waals surface area contributed by atoms with Crippen molar-refractivity contribution in [2.24, 2.45) is 5.92 Å². The number of rotatable bonds is 5. The summed E-state index contributed by atoms with van der Waals surface area (Å²) >= 11 is 0. The van der Waals surface area contributed by atoms with Crippen LogP contribution in [0.5, 0.6) is 0 Å². The Balaban J connectivity index is 1.81. The Morgan fingerprint density at radius 3 is 2.70 bits per heavy atom. The molecule has 3 unspecified atom stereocenters. The van der Waals surface area contributed by atoms with Crippen LogP contribution in [-0.4, -0.2) is 52.8 Å². The highest BCUT2D eigenvalue weighted by Crippen LogP contribution is 2.27. The fraction of sp³-hybridized carbons (Fsp3) is 1.00. The Bertz CT molecular complexity index is 305. The van der Waals surface area contributed by atoms with Gasteiger partial charge in [0.2, 0.25) is 0 Å². The molecule has 2 rings (SSSR count). The molecule has 2 fully saturated rings. The molecule has 118 valence electrons. The average Bonchev–Trinajstić information content (AvgIpc) is 2.71. The highest BCUT2D eigenvalue weighted by atomic mass is 32.2. The van der Waals surface area contributed by atoms with Gasteiger partial charge in [-0.3, -0.25) is 4.21 Å². The summed E-state index contributed by atoms with van der Waals surface area (Å²) in [5.74, 6) is 0.891. The van der Waals surface area contributed by atoms with E-state index >= 15 is 0 Å². The summed E-state index contributed by atoms with van der Waals surface area (Å²) in [6, 6.07) is 0.695. The van der Waals surface area contributed by atoms with Gasteiger partial charge in [-0.25, -0.2) is 0 Å². The molecule has 0 radical (unpaired) electrons. The first-order valence-electron chi connectivity index (χ1n) is 8.45. The van der Waals surface area contributed by atoms with Crippen LogP contribution in [0.1, 0.15) is 51.9 Å². The van der Waals surface area contributed by atoms with Crippen LogP contribution in [0.2, 0.25) is 0 Å². The fourth-order valence-electron chi connectivity index (χ4n) is 3.61. The maximum Gasteiger partial charge on any atom is 0.0329 e. The van der Waals surface area contributed by atoms with Gasteiger partial charge >= 0.3 is 0 Å². The molecule has 1 aliphatic heterocycles. The first-order valence-corrected chi connectivity index (χ1v) is 10.1. The Morgan fingerprint density at radius 1 is 1.25 bits per heavy atom. The molecule has 1 saturated carbocycles. The van der Waals surface area contributed by atoms with Gasteiger partial charge in [0, 0.05) is 34.9 Å². The number of hydrogen-bond donors (Lipinski definition) is 1. The second kappa shape index (κ2) is 8.50. The van der Waals surface area contributed by atoms with Crippen LogP contribution in [0.3, 0.4) is 0 Å². The predicted molar refractivity (Wildman–Crippen MR) is 87.6 cm³/mol. The van der Waals surface area contributed by atoms with Crippen LogP contribution >= 0.6 is 0 Å². The zero-order valence-electron chi connectivity index (χ0n) is 13.3. The van der Waals surface area contributed by atoms with Crippen LogP contribution in [0.25, 0.3) is 0 Å². The summed E-state index contributed by atoms with van der Waals surface area (Å²) < 4.78 is 11.5. The Labute approximate surface area is 127 Å². The van der Waals surface area contributed by atoms with Gasteiger partial charge in [0.1, 0.15) is 0 Å². The first kappa shape index (κ1) is 16.4. The summed E-state index contributed by atoms with van der Waals surface area (Å²) in [5.41, 5.74) is 0. The van der Waals surface area contributed by atoms with Crippen LogP contribution < -0.4 is 5.32 Å². The number of hydrogen-bond acceptors (Lipinski definition) is 3. The molecular formula is C16H32N2OS. The van der Waals surface area contributed by atoms with Crippen molar-refractivity contribution < 1.29 is 4.21 Å². The lowest BCUT2D eigenvalue weighted by Gasteiger charge is -2.33. The van der Waals surface area contributed by atoms with Gasteiger partial charge in [-0.05, 0) is 51.2 Å². The molecule has 1 N–H and O–H groups in total. The second-order valence-corrected chi connectivity index (χ2v) is 8.51. The molecule has 0 bridgehead atoms. The summed E-state index contributed by atoms with van der Waals surface area (Å²) in [6.45, 7) is 6.82. The minimum atomic E-state index is -0.674. The minimum Gasteiger partial charge on any atom is -0.312 e. The van der Waals surface area contributed by atoms with E-state index < -0.39 is 10.8 Å². The highest BCUT2D eigenvalue weighted by molar-refractivity contribution is 7.84. The minimum absolute atomic E-state index is 0.333. The van der Waals surface area contributed by atoms with Crippen molar-refractivity contribution in [1.82, 2.24) is 10.2 Å². The third-order valence-corrected chi connectivity index (χ3v) is 6.52. The molecule has 0 aromatic heterocycles. The summed E-state index contributed by atoms with van der Waals surface area (Å²) in [7, 11) is -0.674. The van der Waals surface area contributed by atoms with Gasteiger partial charge in [0.25, 0.3) is 0 Å². The average molecular weight is 301 g/mol. The third kappa shape index (κ3) is 5.12. The molecule has 0 spiro atoms. The van der Waals surface area contributed by atoms with E-state index in [2.05, 4.69) is 17.1 Å². The predicted octanol–water partition coefficient (Wildman–Crippen LogP) is 2.39. The van der Waals surface area contributed by atoms with Gasteiger partial charge < -0.3 is 10.2 Å². The van der Waals surface area contributed by atoms with E-state index in [0.717, 1.165) is 18.9 Å². The second-order valence-electron chi connectivity index (χ2n) is 6.71. The van der Waals surface area contributed by atoms with E-state index in [-0.39, 0.29) is 0 Å². The molecule has 20 heavy (non-hydrogen) atoms. The van der Waals surface area contributed by atoms with Crippen LogP contribution in [0.15, 0.2) is 0 Å². The summed E-state index contributed by atoms with van der Waals surface area (Å²) in [4.78, 5) is 2.61. The largest absolute Gasteiger partial charge is 0.312 e. The van der Waals surface area contributed by atoms with E-state index in [1.807, 2.05) is 6.26 Å². The molecule has 0 amide bonds. The van der Waals surface area contributed by atoms with Crippen LogP contribution in [-0.2, 0) is 10.8 Å². The van der Waals surface area contributed by atoms with E-state index in [9.17, 15) is 4.21 Å². The van der Waals surface area contributed by atoms with Crippen molar-refractivity contribution in [3.63, 3.8) is 0 Å². The lowest BCUT2D eigenvalue weighted by atomic mass is 9.83. The lowest BCUT2D eigenvalue weighted by molar-refractivity contribution is 0.205. The molecular weight excluding hydrogens is 268 g/mol. The van der Waals surface area contributed by atoms with Crippen molar-refractivity contribution >= 4 is 10.8 Å². The Kier molecular flexibility index (Phi) is 6.99. The van der Waals surface area contributed by atoms with Crippen molar-refractivity contribution in [2.75, 3.05) is 32.4 Å². The maximum absolute atomic E-state index is 11.5. The summed E-state index contributed by atoms with van der Waals surface area (Å²) in [6.07, 6.45) is 11.3. The van der Waals surface area contributed by atoms with Gasteiger partial charge in [-0.15, -0.1) is 0 Å². The normalized spacial score (nSPS) is 29.8. The zero-order chi connectivity index (χ0) is 14.4. The monoisotopic (exact) mass is 300 g/mol. The fourth-order valence-corrected chi connectivity index (χ4v) is 4.05. The van der Waals surface area contributed by atoms with Gasteiger partial charge in [0.15, 0.2) is 0 Å². The van der Waals surface area contributed by atoms with Gasteiger partial charge in [-0.2, -0.15) is 0 Å². The van der Waals surface area contributed by atoms with Crippen molar-refractivity contribution in [3.05, 3.63) is 0 Å². The molecule has 3 atom stereocenters. The standard InChI is InChI=1S/C16H32N2OS/c1-14(20(2)19)9-12-18-11-6-10-17-16(13-18)15-7-4-3-5-8-15/h14-17H,3-13H2,1-2H3. The highest BCUT2D eigenvalue weighted by Gasteiger charge is 2.26. The smallest absolute Gasteiger partial charge is 0.0329 e. The SMILES string of the molecule is CC(CCN1CCCNC(C2CCCCC2)C1)S(C)=O. The molecule has 1 saturated heterocycles. The molecule has 0 aromatic rings. The van der Waals surface area contributed by atoms with Crippen molar-refractivity contribution in [3.8, 4) is 0 Å². The number of nitrogens with one attached hydrogen (secondary N) is 1. The Morgan fingerprint density at radius 2 is 2.00 bits per heavy atom. The van der Waals surface area contributed by atoms with Crippen LogP contribution in [0, 0.1) is 5.92 Å². The topological polar surface area (TPSA) is 32.3 Å². The summed E-state index contributed by atoms with van der Waals surface area (Å²) in [5, 5.41) is 4.12. The maximum atomic E-state index is 11.5. The zero-order valence-corrected chi connectivity index (χ0v) is 14.1. The first-order chi connectivity index (χ1) is 9.66. The van der Waals surface area contributed by atoms with Gasteiger partial charge in [0.05, 0.1) is 0 Å². The van der Waals surface area contributed by atoms with E-state index in [1.54, 1.807) is 0 Å².